The van der Waals surface area contributed by atoms with Gasteiger partial charge in [-0.15, -0.1) is 0 Å². The summed E-state index contributed by atoms with van der Waals surface area (Å²) in [6.07, 6.45) is 3.49. The van der Waals surface area contributed by atoms with Crippen molar-refractivity contribution in [3.05, 3.63) is 18.0 Å². The summed E-state index contributed by atoms with van der Waals surface area (Å²) in [5.74, 6) is -1.08. The van der Waals surface area contributed by atoms with Gasteiger partial charge in [-0.25, -0.2) is 9.59 Å². The van der Waals surface area contributed by atoms with Gasteiger partial charge in [0.15, 0.2) is 0 Å². The molecule has 0 radical (unpaired) electrons. The quantitative estimate of drug-likeness (QED) is 0.648. The predicted molar refractivity (Wildman–Crippen MR) is 66.5 cm³/mol. The number of methoxy groups -OCH3 is 1. The number of urea groups is 1. The molecule has 1 heterocycles. The highest BCUT2D eigenvalue weighted by Gasteiger charge is 2.21. The van der Waals surface area contributed by atoms with E-state index in [-0.39, 0.29) is 13.0 Å². The number of carbonyl (C=O) groups excluding carboxylic acids is 1. The smallest absolute Gasteiger partial charge is 0.326 e. The summed E-state index contributed by atoms with van der Waals surface area (Å²) in [5.41, 5.74) is 0.835. The molecular weight excluding hydrogens is 252 g/mol. The third kappa shape index (κ3) is 4.96. The van der Waals surface area contributed by atoms with Crippen LogP contribution in [-0.2, 0) is 16.1 Å². The molecule has 0 bridgehead atoms. The third-order valence-electron chi connectivity index (χ3n) is 2.53. The highest BCUT2D eigenvalue weighted by molar-refractivity contribution is 5.82. The fourth-order valence-corrected chi connectivity index (χ4v) is 1.46. The number of rotatable bonds is 7. The number of H-pyrrole nitrogens is 1. The molecule has 106 valence electrons. The zero-order chi connectivity index (χ0) is 14.3. The van der Waals surface area contributed by atoms with E-state index in [1.807, 2.05) is 0 Å². The number of carboxylic acid groups (broad SMARTS) is 1. The maximum absolute atomic E-state index is 11.8. The van der Waals surface area contributed by atoms with Crippen LogP contribution in [0.4, 0.5) is 4.79 Å². The van der Waals surface area contributed by atoms with Gasteiger partial charge in [0, 0.05) is 38.9 Å². The van der Waals surface area contributed by atoms with Gasteiger partial charge in [-0.1, -0.05) is 0 Å². The minimum absolute atomic E-state index is 0.219. The molecular formula is C11H18N4O4. The molecule has 1 rings (SSSR count). The Bertz CT molecular complexity index is 407. The molecule has 19 heavy (non-hydrogen) atoms. The van der Waals surface area contributed by atoms with Gasteiger partial charge in [0.2, 0.25) is 0 Å². The third-order valence-corrected chi connectivity index (χ3v) is 2.53. The molecule has 0 aliphatic rings. The Balaban J connectivity index is 2.48. The van der Waals surface area contributed by atoms with Crippen LogP contribution >= 0.6 is 0 Å². The molecule has 3 N–H and O–H groups in total. The molecule has 2 amide bonds. The Labute approximate surface area is 110 Å². The SMILES string of the molecule is COCCC(NC(=O)N(C)Cc1cn[nH]c1)C(=O)O. The minimum Gasteiger partial charge on any atom is -0.480 e. The fourth-order valence-electron chi connectivity index (χ4n) is 1.46. The van der Waals surface area contributed by atoms with Crippen molar-refractivity contribution in [2.45, 2.75) is 19.0 Å². The maximum atomic E-state index is 11.8. The van der Waals surface area contributed by atoms with Gasteiger partial charge in [-0.3, -0.25) is 5.10 Å². The van der Waals surface area contributed by atoms with Crippen molar-refractivity contribution in [1.29, 1.82) is 0 Å². The predicted octanol–water partition coefficient (Wildman–Crippen LogP) is 0.0408. The van der Waals surface area contributed by atoms with Crippen molar-refractivity contribution in [3.63, 3.8) is 0 Å². The molecule has 0 saturated carbocycles. The summed E-state index contributed by atoms with van der Waals surface area (Å²) in [4.78, 5) is 24.2. The molecule has 8 heteroatoms. The molecule has 1 aromatic rings. The van der Waals surface area contributed by atoms with Crippen LogP contribution in [0.25, 0.3) is 0 Å². The number of carbonyl (C=O) groups is 2. The lowest BCUT2D eigenvalue weighted by Gasteiger charge is -2.20. The van der Waals surface area contributed by atoms with E-state index in [1.54, 1.807) is 19.4 Å². The van der Waals surface area contributed by atoms with Crippen molar-refractivity contribution < 1.29 is 19.4 Å². The van der Waals surface area contributed by atoms with Crippen LogP contribution in [0.5, 0.6) is 0 Å². The van der Waals surface area contributed by atoms with Gasteiger partial charge in [-0.05, 0) is 0 Å². The van der Waals surface area contributed by atoms with Crippen LogP contribution in [0.1, 0.15) is 12.0 Å². The molecule has 8 nitrogen and oxygen atoms in total. The average Bonchev–Trinajstić information content (AvgIpc) is 2.86. The minimum atomic E-state index is -1.08. The van der Waals surface area contributed by atoms with Crippen LogP contribution in [-0.4, -0.2) is 59.0 Å². The Morgan fingerprint density at radius 1 is 1.63 bits per heavy atom. The van der Waals surface area contributed by atoms with Crippen molar-refractivity contribution in [1.82, 2.24) is 20.4 Å². The first-order chi connectivity index (χ1) is 9.04. The second-order valence-electron chi connectivity index (χ2n) is 4.08. The van der Waals surface area contributed by atoms with Gasteiger partial charge in [0.05, 0.1) is 12.7 Å². The van der Waals surface area contributed by atoms with E-state index in [1.165, 1.54) is 12.0 Å². The lowest BCUT2D eigenvalue weighted by molar-refractivity contribution is -0.139. The van der Waals surface area contributed by atoms with Crippen LogP contribution in [0.3, 0.4) is 0 Å². The van der Waals surface area contributed by atoms with Crippen LogP contribution < -0.4 is 5.32 Å². The monoisotopic (exact) mass is 270 g/mol. The average molecular weight is 270 g/mol. The van der Waals surface area contributed by atoms with E-state index in [0.717, 1.165) is 5.56 Å². The van der Waals surface area contributed by atoms with Crippen LogP contribution in [0.2, 0.25) is 0 Å². The Morgan fingerprint density at radius 2 is 2.37 bits per heavy atom. The molecule has 0 aromatic carbocycles. The number of aromatic amines is 1. The van der Waals surface area contributed by atoms with E-state index in [4.69, 9.17) is 9.84 Å². The van der Waals surface area contributed by atoms with Crippen molar-refractivity contribution in [2.24, 2.45) is 0 Å². The highest BCUT2D eigenvalue weighted by Crippen LogP contribution is 2.01. The van der Waals surface area contributed by atoms with Crippen molar-refractivity contribution in [3.8, 4) is 0 Å². The molecule has 0 aliphatic carbocycles. The zero-order valence-electron chi connectivity index (χ0n) is 10.9. The van der Waals surface area contributed by atoms with Gasteiger partial charge in [-0.2, -0.15) is 5.10 Å². The van der Waals surface area contributed by atoms with Crippen LogP contribution in [0, 0.1) is 0 Å². The normalized spacial score (nSPS) is 11.9. The standard InChI is InChI=1S/C11H18N4O4/c1-15(7-8-5-12-13-6-8)11(18)14-9(10(16)17)3-4-19-2/h5-6,9H,3-4,7H2,1-2H3,(H,12,13)(H,14,18)(H,16,17). The molecule has 1 unspecified atom stereocenters. The lowest BCUT2D eigenvalue weighted by atomic mass is 10.2. The van der Waals surface area contributed by atoms with Crippen LogP contribution in [0.15, 0.2) is 12.4 Å². The van der Waals surface area contributed by atoms with Crippen molar-refractivity contribution >= 4 is 12.0 Å². The van der Waals surface area contributed by atoms with Gasteiger partial charge >= 0.3 is 12.0 Å². The first kappa shape index (κ1) is 15.0. The molecule has 1 atom stereocenters. The molecule has 0 fully saturated rings. The summed E-state index contributed by atoms with van der Waals surface area (Å²) >= 11 is 0. The Hall–Kier alpha value is -2.09. The Morgan fingerprint density at radius 3 is 2.89 bits per heavy atom. The van der Waals surface area contributed by atoms with Crippen molar-refractivity contribution in [2.75, 3.05) is 20.8 Å². The molecule has 0 aliphatic heterocycles. The number of aromatic nitrogens is 2. The topological polar surface area (TPSA) is 108 Å². The van der Waals surface area contributed by atoms with E-state index in [9.17, 15) is 9.59 Å². The number of nitrogens with zero attached hydrogens (tertiary/aromatic N) is 2. The van der Waals surface area contributed by atoms with E-state index < -0.39 is 18.0 Å². The number of amides is 2. The summed E-state index contributed by atoms with van der Waals surface area (Å²) < 4.78 is 4.81. The summed E-state index contributed by atoms with van der Waals surface area (Å²) in [6, 6.07) is -1.41. The second kappa shape index (κ2) is 7.37. The first-order valence-corrected chi connectivity index (χ1v) is 5.75. The summed E-state index contributed by atoms with van der Waals surface area (Å²) in [7, 11) is 3.06. The summed E-state index contributed by atoms with van der Waals surface area (Å²) in [5, 5.41) is 17.8. The largest absolute Gasteiger partial charge is 0.480 e. The van der Waals surface area contributed by atoms with E-state index in [0.29, 0.717) is 6.54 Å². The molecule has 0 saturated heterocycles. The number of nitrogens with one attached hydrogen (secondary N) is 2. The van der Waals surface area contributed by atoms with E-state index in [2.05, 4.69) is 15.5 Å². The molecule has 0 spiro atoms. The number of hydrogen-bond donors (Lipinski definition) is 3. The number of hydrogen-bond acceptors (Lipinski definition) is 4. The van der Waals surface area contributed by atoms with Gasteiger partial charge in [0.1, 0.15) is 6.04 Å². The highest BCUT2D eigenvalue weighted by atomic mass is 16.5. The number of ether oxygens (including phenoxy) is 1. The molecule has 1 aromatic heterocycles. The fraction of sp³-hybridized carbons (Fsp3) is 0.545. The number of aliphatic carboxylic acids is 1. The second-order valence-corrected chi connectivity index (χ2v) is 4.08. The maximum Gasteiger partial charge on any atom is 0.326 e. The zero-order valence-corrected chi connectivity index (χ0v) is 10.9. The van der Waals surface area contributed by atoms with Gasteiger partial charge < -0.3 is 20.1 Å². The van der Waals surface area contributed by atoms with Gasteiger partial charge in [0.25, 0.3) is 0 Å². The lowest BCUT2D eigenvalue weighted by Crippen LogP contribution is -2.46. The summed E-state index contributed by atoms with van der Waals surface area (Å²) in [6.45, 7) is 0.613. The number of carboxylic acids is 1. The Kier molecular flexibility index (Phi) is 5.80. The first-order valence-electron chi connectivity index (χ1n) is 5.75. The van der Waals surface area contributed by atoms with E-state index >= 15 is 0 Å².